The molecule has 1 aromatic carbocycles. The Labute approximate surface area is 128 Å². The average molecular weight is 349 g/mol. The Kier molecular flexibility index (Phi) is 6.83. The van der Waals surface area contributed by atoms with Gasteiger partial charge in [-0.1, -0.05) is 18.5 Å². The lowest BCUT2D eigenvalue weighted by Gasteiger charge is -2.28. The molecule has 0 fully saturated rings. The van der Waals surface area contributed by atoms with E-state index >= 15 is 0 Å². The molecule has 1 unspecified atom stereocenters. The van der Waals surface area contributed by atoms with Crippen molar-refractivity contribution in [3.63, 3.8) is 0 Å². The van der Waals surface area contributed by atoms with Crippen molar-refractivity contribution in [3.8, 4) is 0 Å². The molecule has 0 bridgehead atoms. The molecule has 0 spiro atoms. The minimum atomic E-state index is 0.00349. The van der Waals surface area contributed by atoms with E-state index < -0.39 is 0 Å². The average Bonchev–Trinajstić information content (AvgIpc) is 2.41. The van der Waals surface area contributed by atoms with Crippen molar-refractivity contribution >= 4 is 33.4 Å². The summed E-state index contributed by atoms with van der Waals surface area (Å²) >= 11 is 9.29. The number of ether oxygens (including phenoxy) is 1. The molecule has 0 aromatic heterocycles. The Bertz CT molecular complexity index is 439. The van der Waals surface area contributed by atoms with E-state index in [1.165, 1.54) is 0 Å². The van der Waals surface area contributed by atoms with Crippen LogP contribution in [0.15, 0.2) is 22.7 Å². The van der Waals surface area contributed by atoms with E-state index in [-0.39, 0.29) is 11.9 Å². The normalized spacial score (nSPS) is 12.3. The molecular weight excluding hydrogens is 330 g/mol. The molecule has 0 saturated carbocycles. The third-order valence-electron chi connectivity index (χ3n) is 3.09. The molecule has 106 valence electrons. The van der Waals surface area contributed by atoms with Gasteiger partial charge in [-0.3, -0.25) is 4.79 Å². The van der Waals surface area contributed by atoms with E-state index in [1.54, 1.807) is 25.3 Å². The number of halogens is 2. The number of hydrogen-bond donors (Lipinski definition) is 0. The topological polar surface area (TPSA) is 29.5 Å². The van der Waals surface area contributed by atoms with Gasteiger partial charge in [0.1, 0.15) is 0 Å². The van der Waals surface area contributed by atoms with Crippen LogP contribution < -0.4 is 0 Å². The molecule has 19 heavy (non-hydrogen) atoms. The Balaban J connectivity index is 2.94. The maximum atomic E-state index is 12.5. The predicted octanol–water partition coefficient (Wildman–Crippen LogP) is 3.99. The van der Waals surface area contributed by atoms with E-state index in [0.29, 0.717) is 23.7 Å². The van der Waals surface area contributed by atoms with Crippen molar-refractivity contribution in [1.82, 2.24) is 4.90 Å². The summed E-state index contributed by atoms with van der Waals surface area (Å²) in [5.74, 6) is 0.00349. The van der Waals surface area contributed by atoms with E-state index in [0.717, 1.165) is 10.9 Å². The maximum Gasteiger partial charge on any atom is 0.254 e. The minimum absolute atomic E-state index is 0.00349. The van der Waals surface area contributed by atoms with Crippen molar-refractivity contribution in [2.75, 3.05) is 20.3 Å². The zero-order valence-corrected chi connectivity index (χ0v) is 13.8. The minimum Gasteiger partial charge on any atom is -0.383 e. The van der Waals surface area contributed by atoms with Gasteiger partial charge in [0.2, 0.25) is 0 Å². The number of carbonyl (C=O) groups excluding carboxylic acids is 1. The van der Waals surface area contributed by atoms with E-state index in [1.807, 2.05) is 11.8 Å². The number of nitrogens with zero attached hydrogens (tertiary/aromatic N) is 1. The SMILES string of the molecule is CCC(C)N(CCOC)C(=O)c1ccc(Cl)c(Br)c1. The Morgan fingerprint density at radius 1 is 1.53 bits per heavy atom. The highest BCUT2D eigenvalue weighted by atomic mass is 79.9. The van der Waals surface area contributed by atoms with Gasteiger partial charge < -0.3 is 9.64 Å². The Morgan fingerprint density at radius 2 is 2.21 bits per heavy atom. The number of carbonyl (C=O) groups is 1. The highest BCUT2D eigenvalue weighted by Gasteiger charge is 2.20. The molecule has 0 aliphatic rings. The first-order valence-electron chi connectivity index (χ1n) is 6.26. The first-order chi connectivity index (χ1) is 9.01. The molecule has 0 radical (unpaired) electrons. The second-order valence-electron chi connectivity index (χ2n) is 4.38. The molecular formula is C14H19BrClNO2. The number of hydrogen-bond acceptors (Lipinski definition) is 2. The van der Waals surface area contributed by atoms with Gasteiger partial charge in [-0.25, -0.2) is 0 Å². The fraction of sp³-hybridized carbons (Fsp3) is 0.500. The van der Waals surface area contributed by atoms with Crippen LogP contribution >= 0.6 is 27.5 Å². The van der Waals surface area contributed by atoms with Gasteiger partial charge >= 0.3 is 0 Å². The lowest BCUT2D eigenvalue weighted by Crippen LogP contribution is -2.40. The van der Waals surface area contributed by atoms with Crippen LogP contribution in [0, 0.1) is 0 Å². The van der Waals surface area contributed by atoms with Crippen molar-refractivity contribution in [2.45, 2.75) is 26.3 Å². The molecule has 1 aromatic rings. The molecule has 1 atom stereocenters. The highest BCUT2D eigenvalue weighted by molar-refractivity contribution is 9.10. The third-order valence-corrected chi connectivity index (χ3v) is 4.30. The third kappa shape index (κ3) is 4.48. The second kappa shape index (κ2) is 7.88. The van der Waals surface area contributed by atoms with Crippen LogP contribution in [-0.4, -0.2) is 37.1 Å². The Morgan fingerprint density at radius 3 is 2.74 bits per heavy atom. The summed E-state index contributed by atoms with van der Waals surface area (Å²) in [6, 6.07) is 5.41. The largest absolute Gasteiger partial charge is 0.383 e. The summed E-state index contributed by atoms with van der Waals surface area (Å²) in [7, 11) is 1.64. The number of amides is 1. The summed E-state index contributed by atoms with van der Waals surface area (Å²) in [6.45, 7) is 5.23. The number of benzene rings is 1. The quantitative estimate of drug-likeness (QED) is 0.778. The van der Waals surface area contributed by atoms with Gasteiger partial charge in [0.25, 0.3) is 5.91 Å². The number of methoxy groups -OCH3 is 1. The summed E-state index contributed by atoms with van der Waals surface area (Å²) in [5.41, 5.74) is 0.632. The molecule has 0 aliphatic carbocycles. The fourth-order valence-electron chi connectivity index (χ4n) is 1.73. The summed E-state index contributed by atoms with van der Waals surface area (Å²) in [6.07, 6.45) is 0.907. The van der Waals surface area contributed by atoms with E-state index in [2.05, 4.69) is 22.9 Å². The summed E-state index contributed by atoms with van der Waals surface area (Å²) in [5, 5.41) is 0.600. The second-order valence-corrected chi connectivity index (χ2v) is 5.64. The monoisotopic (exact) mass is 347 g/mol. The maximum absolute atomic E-state index is 12.5. The van der Waals surface area contributed by atoms with Gasteiger partial charge in [0.05, 0.1) is 11.6 Å². The zero-order valence-electron chi connectivity index (χ0n) is 11.5. The van der Waals surface area contributed by atoms with Crippen LogP contribution in [0.25, 0.3) is 0 Å². The van der Waals surface area contributed by atoms with Crippen molar-refractivity contribution < 1.29 is 9.53 Å². The Hall–Kier alpha value is -0.580. The fourth-order valence-corrected chi connectivity index (χ4v) is 2.22. The first kappa shape index (κ1) is 16.5. The van der Waals surface area contributed by atoms with Crippen LogP contribution in [-0.2, 0) is 4.74 Å². The van der Waals surface area contributed by atoms with Gasteiger partial charge in [-0.15, -0.1) is 0 Å². The molecule has 0 N–H and O–H groups in total. The molecule has 0 heterocycles. The van der Waals surface area contributed by atoms with E-state index in [4.69, 9.17) is 16.3 Å². The summed E-state index contributed by atoms with van der Waals surface area (Å²) < 4.78 is 5.80. The molecule has 1 amide bonds. The van der Waals surface area contributed by atoms with Crippen LogP contribution in [0.2, 0.25) is 5.02 Å². The van der Waals surface area contributed by atoms with E-state index in [9.17, 15) is 4.79 Å². The predicted molar refractivity (Wildman–Crippen MR) is 81.8 cm³/mol. The van der Waals surface area contributed by atoms with Gasteiger partial charge in [-0.2, -0.15) is 0 Å². The molecule has 0 saturated heterocycles. The van der Waals surface area contributed by atoms with Crippen molar-refractivity contribution in [3.05, 3.63) is 33.3 Å². The number of rotatable bonds is 6. The molecule has 5 heteroatoms. The van der Waals surface area contributed by atoms with Gasteiger partial charge in [-0.05, 0) is 47.5 Å². The molecule has 1 rings (SSSR count). The molecule has 3 nitrogen and oxygen atoms in total. The standard InChI is InChI=1S/C14H19BrClNO2/c1-4-10(2)17(7-8-19-3)14(18)11-5-6-13(16)12(15)9-11/h5-6,9-10H,4,7-8H2,1-3H3. The smallest absolute Gasteiger partial charge is 0.254 e. The lowest BCUT2D eigenvalue weighted by atomic mass is 10.1. The van der Waals surface area contributed by atoms with Crippen molar-refractivity contribution in [2.24, 2.45) is 0 Å². The summed E-state index contributed by atoms with van der Waals surface area (Å²) in [4.78, 5) is 14.4. The van der Waals surface area contributed by atoms with Gasteiger partial charge in [0, 0.05) is 29.7 Å². The van der Waals surface area contributed by atoms with Crippen LogP contribution in [0.5, 0.6) is 0 Å². The lowest BCUT2D eigenvalue weighted by molar-refractivity contribution is 0.0614. The van der Waals surface area contributed by atoms with Crippen LogP contribution in [0.4, 0.5) is 0 Å². The van der Waals surface area contributed by atoms with Crippen LogP contribution in [0.1, 0.15) is 30.6 Å². The first-order valence-corrected chi connectivity index (χ1v) is 7.43. The van der Waals surface area contributed by atoms with Gasteiger partial charge in [0.15, 0.2) is 0 Å². The zero-order chi connectivity index (χ0) is 14.4. The highest BCUT2D eigenvalue weighted by Crippen LogP contribution is 2.24. The van der Waals surface area contributed by atoms with Crippen LogP contribution in [0.3, 0.4) is 0 Å². The molecule has 0 aliphatic heterocycles. The van der Waals surface area contributed by atoms with Crippen molar-refractivity contribution in [1.29, 1.82) is 0 Å².